The molecule has 0 aliphatic carbocycles. The number of hydrogen-bond acceptors (Lipinski definition) is 5. The van der Waals surface area contributed by atoms with E-state index >= 15 is 0 Å². The van der Waals surface area contributed by atoms with Gasteiger partial charge in [0.25, 0.3) is 0 Å². The van der Waals surface area contributed by atoms with Crippen LogP contribution in [0.3, 0.4) is 0 Å². The number of nitrogens with zero attached hydrogens (tertiary/aromatic N) is 2. The maximum Gasteiger partial charge on any atom is 0.161 e. The Balaban J connectivity index is 1.55. The quantitative estimate of drug-likeness (QED) is 0.831. The van der Waals surface area contributed by atoms with Crippen LogP contribution in [-0.4, -0.2) is 30.5 Å². The highest BCUT2D eigenvalue weighted by atomic mass is 19.1. The molecule has 2 N–H and O–H groups in total. The Bertz CT molecular complexity index is 994. The zero-order chi connectivity index (χ0) is 20.2. The van der Waals surface area contributed by atoms with E-state index in [1.54, 1.807) is 30.3 Å². The van der Waals surface area contributed by atoms with Gasteiger partial charge >= 0.3 is 0 Å². The fourth-order valence-electron chi connectivity index (χ4n) is 3.32. The van der Waals surface area contributed by atoms with Gasteiger partial charge in [-0.2, -0.15) is 0 Å². The van der Waals surface area contributed by atoms with Gasteiger partial charge in [0.15, 0.2) is 11.6 Å². The first-order chi connectivity index (χ1) is 14.1. The molecule has 0 saturated carbocycles. The number of ketones is 1. The fraction of sp³-hybridized carbons (Fsp3) is 0.227. The van der Waals surface area contributed by atoms with E-state index in [0.29, 0.717) is 43.3 Å². The van der Waals surface area contributed by atoms with E-state index in [1.807, 2.05) is 0 Å². The molecule has 0 radical (unpaired) electrons. The van der Waals surface area contributed by atoms with Crippen molar-refractivity contribution in [2.24, 2.45) is 15.9 Å². The van der Waals surface area contributed by atoms with E-state index in [1.165, 1.54) is 24.3 Å². The first kappa shape index (κ1) is 19.0. The second-order valence-electron chi connectivity index (χ2n) is 7.02. The van der Waals surface area contributed by atoms with Crippen molar-refractivity contribution in [2.75, 3.05) is 18.4 Å². The number of rotatable bonds is 4. The molecule has 4 rings (SSSR count). The first-order valence-electron chi connectivity index (χ1n) is 9.46. The van der Waals surface area contributed by atoms with E-state index < -0.39 is 0 Å². The molecule has 29 heavy (non-hydrogen) atoms. The number of aliphatic imine (C=N–C) groups is 2. The van der Waals surface area contributed by atoms with Crippen molar-refractivity contribution in [3.63, 3.8) is 0 Å². The predicted octanol–water partition coefficient (Wildman–Crippen LogP) is 3.69. The normalized spacial score (nSPS) is 19.0. The van der Waals surface area contributed by atoms with Crippen LogP contribution in [0.4, 0.5) is 14.5 Å². The van der Waals surface area contributed by atoms with Gasteiger partial charge in [0, 0.05) is 41.9 Å². The number of allylic oxidation sites excluding steroid dienone is 1. The zero-order valence-corrected chi connectivity index (χ0v) is 15.7. The van der Waals surface area contributed by atoms with Gasteiger partial charge in [-0.05, 0) is 55.0 Å². The minimum Gasteiger partial charge on any atom is -0.379 e. The molecule has 7 heteroatoms. The van der Waals surface area contributed by atoms with Crippen molar-refractivity contribution in [3.05, 3.63) is 77.5 Å². The molecule has 2 aromatic rings. The van der Waals surface area contributed by atoms with Crippen LogP contribution in [-0.2, 0) is 4.79 Å². The molecule has 1 unspecified atom stereocenters. The lowest BCUT2D eigenvalue weighted by Gasteiger charge is -2.17. The molecule has 0 saturated heterocycles. The van der Waals surface area contributed by atoms with Crippen LogP contribution in [0.25, 0.3) is 0 Å². The zero-order valence-electron chi connectivity index (χ0n) is 15.7. The van der Waals surface area contributed by atoms with E-state index in [2.05, 4.69) is 20.6 Å². The minimum absolute atomic E-state index is 0.0408. The third-order valence-corrected chi connectivity index (χ3v) is 4.87. The molecule has 1 atom stereocenters. The lowest BCUT2D eigenvalue weighted by Crippen LogP contribution is -2.29. The summed E-state index contributed by atoms with van der Waals surface area (Å²) in [6.45, 7) is 0.850. The highest BCUT2D eigenvalue weighted by Gasteiger charge is 2.25. The third-order valence-electron chi connectivity index (χ3n) is 4.87. The second-order valence-corrected chi connectivity index (χ2v) is 7.02. The van der Waals surface area contributed by atoms with Crippen molar-refractivity contribution in [3.8, 4) is 0 Å². The van der Waals surface area contributed by atoms with Gasteiger partial charge in [-0.15, -0.1) is 0 Å². The molecule has 2 heterocycles. The topological polar surface area (TPSA) is 65.8 Å². The van der Waals surface area contributed by atoms with Crippen LogP contribution in [0.15, 0.2) is 70.3 Å². The molecular weight excluding hydrogens is 374 g/mol. The number of hydrogen-bond donors (Lipinski definition) is 2. The Morgan fingerprint density at radius 2 is 1.72 bits per heavy atom. The molecule has 0 aromatic heterocycles. The monoisotopic (exact) mass is 394 g/mol. The van der Waals surface area contributed by atoms with Gasteiger partial charge < -0.3 is 10.6 Å². The van der Waals surface area contributed by atoms with E-state index in [0.717, 1.165) is 11.3 Å². The predicted molar refractivity (Wildman–Crippen MR) is 109 cm³/mol. The van der Waals surface area contributed by atoms with Crippen molar-refractivity contribution >= 4 is 23.1 Å². The number of carbonyl (C=O) groups excluding carboxylic acids is 1. The van der Waals surface area contributed by atoms with Crippen molar-refractivity contribution in [1.29, 1.82) is 0 Å². The molecule has 2 aliphatic heterocycles. The molecule has 0 spiro atoms. The van der Waals surface area contributed by atoms with Crippen LogP contribution in [0, 0.1) is 17.6 Å². The number of benzene rings is 2. The summed E-state index contributed by atoms with van der Waals surface area (Å²) in [5, 5.41) is 6.41. The third kappa shape index (κ3) is 4.74. The Labute approximate surface area is 167 Å². The highest BCUT2D eigenvalue weighted by Crippen LogP contribution is 2.20. The minimum atomic E-state index is -0.316. The van der Waals surface area contributed by atoms with Crippen LogP contribution in [0.1, 0.15) is 18.4 Å². The summed E-state index contributed by atoms with van der Waals surface area (Å²) < 4.78 is 26.3. The lowest BCUT2D eigenvalue weighted by atomic mass is 9.95. The molecule has 2 aliphatic rings. The van der Waals surface area contributed by atoms with Crippen molar-refractivity contribution in [2.45, 2.75) is 12.8 Å². The van der Waals surface area contributed by atoms with Gasteiger partial charge in [0.05, 0.1) is 6.54 Å². The molecule has 2 aromatic carbocycles. The summed E-state index contributed by atoms with van der Waals surface area (Å²) in [7, 11) is 0. The van der Waals surface area contributed by atoms with Gasteiger partial charge in [-0.1, -0.05) is 0 Å². The number of halogens is 2. The smallest absolute Gasteiger partial charge is 0.161 e. The lowest BCUT2D eigenvalue weighted by molar-refractivity contribution is -0.118. The fourth-order valence-corrected chi connectivity index (χ4v) is 3.32. The Hall–Kier alpha value is -3.35. The second kappa shape index (κ2) is 8.34. The summed E-state index contributed by atoms with van der Waals surface area (Å²) in [6, 6.07) is 12.1. The average molecular weight is 394 g/mol. The molecule has 0 fully saturated rings. The molecule has 5 nitrogen and oxygen atoms in total. The summed E-state index contributed by atoms with van der Waals surface area (Å²) in [6.07, 6.45) is 2.72. The van der Waals surface area contributed by atoms with Crippen LogP contribution in [0.5, 0.6) is 0 Å². The number of fused-ring (bicyclic) bond motifs is 2. The molecule has 2 bridgehead atoms. The van der Waals surface area contributed by atoms with E-state index in [4.69, 9.17) is 0 Å². The molecule has 148 valence electrons. The van der Waals surface area contributed by atoms with Crippen molar-refractivity contribution < 1.29 is 13.6 Å². The van der Waals surface area contributed by atoms with E-state index in [-0.39, 0.29) is 23.3 Å². The van der Waals surface area contributed by atoms with Crippen molar-refractivity contribution in [1.82, 2.24) is 5.32 Å². The van der Waals surface area contributed by atoms with Gasteiger partial charge in [-0.25, -0.2) is 13.8 Å². The summed E-state index contributed by atoms with van der Waals surface area (Å²) in [5.41, 5.74) is 2.16. The number of nitrogens with one attached hydrogen (secondary N) is 2. The van der Waals surface area contributed by atoms with Crippen LogP contribution >= 0.6 is 0 Å². The summed E-state index contributed by atoms with van der Waals surface area (Å²) in [5.74, 6) is 0.410. The average Bonchev–Trinajstić information content (AvgIpc) is 2.85. The highest BCUT2D eigenvalue weighted by molar-refractivity contribution is 6.09. The SMILES string of the molecule is O=C1C=C(CNc2ccc(F)cc2)NC2=NC(c3ccc(F)cc3)=NCCC1C2. The summed E-state index contributed by atoms with van der Waals surface area (Å²) in [4.78, 5) is 21.7. The van der Waals surface area contributed by atoms with Gasteiger partial charge in [0.2, 0.25) is 0 Å². The summed E-state index contributed by atoms with van der Waals surface area (Å²) >= 11 is 0. The standard InChI is InChI=1S/C22H20F2N4O/c23-16-3-1-14(2-4-16)22-25-10-9-15-11-21(28-22)27-19(12-20(15)29)13-26-18-7-5-17(24)6-8-18/h1-8,12,15,26H,9-11,13H2,(H,25,27,28). The first-order valence-corrected chi connectivity index (χ1v) is 9.46. The Morgan fingerprint density at radius 1 is 1.03 bits per heavy atom. The maximum atomic E-state index is 13.2. The van der Waals surface area contributed by atoms with Gasteiger partial charge in [0.1, 0.15) is 17.5 Å². The largest absolute Gasteiger partial charge is 0.379 e. The molecule has 0 amide bonds. The molecular formula is C22H20F2N4O. The number of anilines is 1. The van der Waals surface area contributed by atoms with E-state index in [9.17, 15) is 13.6 Å². The van der Waals surface area contributed by atoms with Crippen LogP contribution < -0.4 is 10.6 Å². The maximum absolute atomic E-state index is 13.2. The van der Waals surface area contributed by atoms with Gasteiger partial charge in [-0.3, -0.25) is 9.79 Å². The number of amidine groups is 2. The Kier molecular flexibility index (Phi) is 5.46. The van der Waals surface area contributed by atoms with Crippen LogP contribution in [0.2, 0.25) is 0 Å². The number of carbonyl (C=O) groups is 1. The Morgan fingerprint density at radius 3 is 2.45 bits per heavy atom.